The Labute approximate surface area is 105 Å². The average Bonchev–Trinajstić information content (AvgIpc) is 3.06. The SMILES string of the molecule is Cc1cc(C)c(C(=O)OCC(=O)C2(C#N)CC2)[nH]1. The molecule has 0 bridgehead atoms. The van der Waals surface area contributed by atoms with Gasteiger partial charge in [-0.2, -0.15) is 5.26 Å². The van der Waals surface area contributed by atoms with Crippen molar-refractivity contribution in [2.75, 3.05) is 6.61 Å². The van der Waals surface area contributed by atoms with Gasteiger partial charge in [-0.1, -0.05) is 0 Å². The van der Waals surface area contributed by atoms with Gasteiger partial charge in [0.2, 0.25) is 0 Å². The number of ketones is 1. The maximum Gasteiger partial charge on any atom is 0.355 e. The molecule has 5 heteroatoms. The van der Waals surface area contributed by atoms with Crippen molar-refractivity contribution < 1.29 is 14.3 Å². The molecule has 0 radical (unpaired) electrons. The molecule has 0 aromatic carbocycles. The van der Waals surface area contributed by atoms with E-state index in [1.165, 1.54) is 0 Å². The van der Waals surface area contributed by atoms with Crippen LogP contribution in [-0.4, -0.2) is 23.3 Å². The lowest BCUT2D eigenvalue weighted by atomic mass is 10.0. The monoisotopic (exact) mass is 246 g/mol. The van der Waals surface area contributed by atoms with Gasteiger partial charge in [0, 0.05) is 5.69 Å². The summed E-state index contributed by atoms with van der Waals surface area (Å²) in [6.07, 6.45) is 1.14. The predicted octanol–water partition coefficient (Wildman–Crippen LogP) is 1.66. The van der Waals surface area contributed by atoms with Crippen molar-refractivity contribution in [3.05, 3.63) is 23.0 Å². The van der Waals surface area contributed by atoms with Gasteiger partial charge in [0.15, 0.2) is 12.4 Å². The topological polar surface area (TPSA) is 82.9 Å². The molecule has 0 saturated heterocycles. The first-order valence-corrected chi connectivity index (χ1v) is 5.76. The second-order valence-electron chi connectivity index (χ2n) is 4.70. The molecule has 1 aromatic heterocycles. The minimum absolute atomic E-state index is 0.306. The number of rotatable bonds is 4. The first-order chi connectivity index (χ1) is 8.48. The van der Waals surface area contributed by atoms with Crippen LogP contribution >= 0.6 is 0 Å². The van der Waals surface area contributed by atoms with Crippen LogP contribution in [0.15, 0.2) is 6.07 Å². The van der Waals surface area contributed by atoms with Crippen LogP contribution in [0.1, 0.15) is 34.6 Å². The third kappa shape index (κ3) is 2.14. The Bertz CT molecular complexity index is 547. The van der Waals surface area contributed by atoms with Crippen LogP contribution in [0, 0.1) is 30.6 Å². The van der Waals surface area contributed by atoms with Crippen molar-refractivity contribution in [3.8, 4) is 6.07 Å². The summed E-state index contributed by atoms with van der Waals surface area (Å²) in [4.78, 5) is 26.3. The quantitative estimate of drug-likeness (QED) is 0.819. The van der Waals surface area contributed by atoms with Crippen molar-refractivity contribution in [2.45, 2.75) is 26.7 Å². The molecular weight excluding hydrogens is 232 g/mol. The third-order valence-corrected chi connectivity index (χ3v) is 3.19. The summed E-state index contributed by atoms with van der Waals surface area (Å²) in [5, 5.41) is 8.84. The lowest BCUT2D eigenvalue weighted by Crippen LogP contribution is -2.22. The highest BCUT2D eigenvalue weighted by Crippen LogP contribution is 2.45. The highest BCUT2D eigenvalue weighted by atomic mass is 16.5. The van der Waals surface area contributed by atoms with Crippen LogP contribution in [-0.2, 0) is 9.53 Å². The van der Waals surface area contributed by atoms with Crippen LogP contribution in [0.5, 0.6) is 0 Å². The fraction of sp³-hybridized carbons (Fsp3) is 0.462. The second-order valence-corrected chi connectivity index (χ2v) is 4.70. The maximum atomic E-state index is 11.7. The smallest absolute Gasteiger partial charge is 0.355 e. The number of hydrogen-bond donors (Lipinski definition) is 1. The number of H-pyrrole nitrogens is 1. The lowest BCUT2D eigenvalue weighted by molar-refractivity contribution is -0.125. The van der Waals surface area contributed by atoms with E-state index < -0.39 is 11.4 Å². The van der Waals surface area contributed by atoms with Gasteiger partial charge in [0.1, 0.15) is 11.1 Å². The molecule has 0 spiro atoms. The van der Waals surface area contributed by atoms with Crippen molar-refractivity contribution >= 4 is 11.8 Å². The number of nitrogens with one attached hydrogen (secondary N) is 1. The number of nitriles is 1. The van der Waals surface area contributed by atoms with Gasteiger partial charge >= 0.3 is 5.97 Å². The number of carbonyl (C=O) groups excluding carboxylic acids is 2. The number of carbonyl (C=O) groups is 2. The fourth-order valence-electron chi connectivity index (χ4n) is 1.86. The number of Topliss-reactive ketones (excluding diaryl/α,β-unsaturated/α-hetero) is 1. The van der Waals surface area contributed by atoms with E-state index in [0.29, 0.717) is 18.5 Å². The molecule has 1 aliphatic carbocycles. The normalized spacial score (nSPS) is 15.8. The molecule has 1 N–H and O–H groups in total. The number of nitrogens with zero attached hydrogens (tertiary/aromatic N) is 1. The Morgan fingerprint density at radius 3 is 2.61 bits per heavy atom. The molecule has 1 heterocycles. The fourth-order valence-corrected chi connectivity index (χ4v) is 1.86. The molecule has 0 amide bonds. The van der Waals surface area contributed by atoms with E-state index in [1.54, 1.807) is 6.92 Å². The molecule has 0 unspecified atom stereocenters. The van der Waals surface area contributed by atoms with Crippen molar-refractivity contribution in [1.29, 1.82) is 5.26 Å². The predicted molar refractivity (Wildman–Crippen MR) is 62.8 cm³/mol. The van der Waals surface area contributed by atoms with E-state index in [9.17, 15) is 9.59 Å². The van der Waals surface area contributed by atoms with E-state index >= 15 is 0 Å². The third-order valence-electron chi connectivity index (χ3n) is 3.19. The molecule has 1 aliphatic rings. The van der Waals surface area contributed by atoms with Crippen molar-refractivity contribution in [2.24, 2.45) is 5.41 Å². The molecule has 1 aromatic rings. The lowest BCUT2D eigenvalue weighted by Gasteiger charge is -2.06. The van der Waals surface area contributed by atoms with E-state index in [0.717, 1.165) is 11.3 Å². The zero-order valence-electron chi connectivity index (χ0n) is 10.4. The van der Waals surface area contributed by atoms with Gasteiger partial charge in [0.25, 0.3) is 0 Å². The number of aryl methyl sites for hydroxylation is 2. The highest BCUT2D eigenvalue weighted by molar-refractivity contribution is 5.95. The average molecular weight is 246 g/mol. The first-order valence-electron chi connectivity index (χ1n) is 5.76. The molecular formula is C13H14N2O3. The second kappa shape index (κ2) is 4.30. The molecule has 1 saturated carbocycles. The van der Waals surface area contributed by atoms with Gasteiger partial charge in [0.05, 0.1) is 6.07 Å². The molecule has 0 aliphatic heterocycles. The zero-order valence-corrected chi connectivity index (χ0v) is 10.4. The Morgan fingerprint density at radius 1 is 1.50 bits per heavy atom. The van der Waals surface area contributed by atoms with Crippen LogP contribution in [0.4, 0.5) is 0 Å². The van der Waals surface area contributed by atoms with Gasteiger partial charge in [-0.15, -0.1) is 0 Å². The van der Waals surface area contributed by atoms with E-state index in [-0.39, 0.29) is 12.4 Å². The number of aromatic amines is 1. The minimum Gasteiger partial charge on any atom is -0.453 e. The summed E-state index contributed by atoms with van der Waals surface area (Å²) in [6, 6.07) is 3.81. The van der Waals surface area contributed by atoms with Gasteiger partial charge in [-0.25, -0.2) is 4.79 Å². The first kappa shape index (κ1) is 12.4. The van der Waals surface area contributed by atoms with E-state index in [1.807, 2.05) is 19.1 Å². The van der Waals surface area contributed by atoms with E-state index in [2.05, 4.69) is 4.98 Å². The molecule has 94 valence electrons. The maximum absolute atomic E-state index is 11.7. The number of esters is 1. The standard InChI is InChI=1S/C13H14N2O3/c1-8-5-9(2)15-11(8)12(17)18-6-10(16)13(7-14)3-4-13/h5,15H,3-4,6H2,1-2H3. The van der Waals surface area contributed by atoms with Gasteiger partial charge < -0.3 is 9.72 Å². The summed E-state index contributed by atoms with van der Waals surface area (Å²) in [6.45, 7) is 3.30. The molecule has 18 heavy (non-hydrogen) atoms. The summed E-state index contributed by atoms with van der Waals surface area (Å²) in [5.74, 6) is -0.859. The molecule has 5 nitrogen and oxygen atoms in total. The number of hydrogen-bond acceptors (Lipinski definition) is 4. The largest absolute Gasteiger partial charge is 0.453 e. The Balaban J connectivity index is 1.95. The summed E-state index contributed by atoms with van der Waals surface area (Å²) >= 11 is 0. The summed E-state index contributed by atoms with van der Waals surface area (Å²) in [7, 11) is 0. The van der Waals surface area contributed by atoms with Crippen molar-refractivity contribution in [3.63, 3.8) is 0 Å². The van der Waals surface area contributed by atoms with Gasteiger partial charge in [-0.05, 0) is 38.3 Å². The number of ether oxygens (including phenoxy) is 1. The highest BCUT2D eigenvalue weighted by Gasteiger charge is 2.50. The van der Waals surface area contributed by atoms with Gasteiger partial charge in [-0.3, -0.25) is 4.79 Å². The molecule has 2 rings (SSSR count). The Morgan fingerprint density at radius 2 is 2.17 bits per heavy atom. The minimum atomic E-state index is -0.888. The zero-order chi connectivity index (χ0) is 13.3. The molecule has 0 atom stereocenters. The van der Waals surface area contributed by atoms with Crippen LogP contribution in [0.3, 0.4) is 0 Å². The van der Waals surface area contributed by atoms with Crippen LogP contribution in [0.2, 0.25) is 0 Å². The van der Waals surface area contributed by atoms with Crippen LogP contribution < -0.4 is 0 Å². The van der Waals surface area contributed by atoms with Crippen molar-refractivity contribution in [1.82, 2.24) is 4.98 Å². The molecule has 1 fully saturated rings. The number of aromatic nitrogens is 1. The Hall–Kier alpha value is -2.09. The Kier molecular flexibility index (Phi) is 2.95. The summed E-state index contributed by atoms with van der Waals surface area (Å²) < 4.78 is 4.94. The van der Waals surface area contributed by atoms with Crippen LogP contribution in [0.25, 0.3) is 0 Å². The van der Waals surface area contributed by atoms with E-state index in [4.69, 9.17) is 10.00 Å². The summed E-state index contributed by atoms with van der Waals surface area (Å²) in [5.41, 5.74) is 1.12.